The zero-order valence-electron chi connectivity index (χ0n) is 14.8. The van der Waals surface area contributed by atoms with Crippen molar-refractivity contribution >= 4 is 28.6 Å². The average molecular weight is 345 g/mol. The summed E-state index contributed by atoms with van der Waals surface area (Å²) < 4.78 is 0. The van der Waals surface area contributed by atoms with Gasteiger partial charge in [-0.15, -0.1) is 0 Å². The van der Waals surface area contributed by atoms with Gasteiger partial charge in [-0.1, -0.05) is 97.6 Å². The largest absolute Gasteiger partial charge is 0.378 e. The SMILES string of the molecule is C=C(C=P(c1ccccc1)(c1ccccc1)c1ccccc1)N(C)C. The van der Waals surface area contributed by atoms with E-state index in [1.165, 1.54) is 15.9 Å². The lowest BCUT2D eigenvalue weighted by Crippen LogP contribution is -2.28. The minimum Gasteiger partial charge on any atom is -0.378 e. The van der Waals surface area contributed by atoms with E-state index in [1.807, 2.05) is 0 Å². The molecule has 0 unspecified atom stereocenters. The van der Waals surface area contributed by atoms with Crippen LogP contribution in [0.3, 0.4) is 0 Å². The van der Waals surface area contributed by atoms with Crippen molar-refractivity contribution in [3.8, 4) is 0 Å². The second kappa shape index (κ2) is 7.59. The number of hydrogen-bond acceptors (Lipinski definition) is 1. The number of rotatable bonds is 5. The quantitative estimate of drug-likeness (QED) is 0.635. The van der Waals surface area contributed by atoms with E-state index in [9.17, 15) is 0 Å². The molecule has 0 heterocycles. The van der Waals surface area contributed by atoms with E-state index < -0.39 is 6.89 Å². The Bertz CT molecular complexity index is 778. The minimum atomic E-state index is -1.93. The summed E-state index contributed by atoms with van der Waals surface area (Å²) in [6.07, 6.45) is 0. The normalized spacial score (nSPS) is 11.0. The van der Waals surface area contributed by atoms with Crippen molar-refractivity contribution in [2.45, 2.75) is 0 Å². The van der Waals surface area contributed by atoms with Crippen molar-refractivity contribution in [3.63, 3.8) is 0 Å². The predicted molar refractivity (Wildman–Crippen MR) is 114 cm³/mol. The molecule has 0 aromatic heterocycles. The Morgan fingerprint density at radius 1 is 0.680 bits per heavy atom. The van der Waals surface area contributed by atoms with Crippen molar-refractivity contribution in [1.29, 1.82) is 0 Å². The van der Waals surface area contributed by atoms with Crippen LogP contribution in [0.25, 0.3) is 0 Å². The molecular weight excluding hydrogens is 321 g/mol. The van der Waals surface area contributed by atoms with Crippen LogP contribution in [0.15, 0.2) is 103 Å². The summed E-state index contributed by atoms with van der Waals surface area (Å²) in [5.41, 5.74) is 1.03. The van der Waals surface area contributed by atoms with Gasteiger partial charge in [0.15, 0.2) is 0 Å². The molecule has 1 nitrogen and oxygen atoms in total. The van der Waals surface area contributed by atoms with Crippen LogP contribution in [-0.2, 0) is 0 Å². The smallest absolute Gasteiger partial charge is 0.0298 e. The van der Waals surface area contributed by atoms with Crippen molar-refractivity contribution < 1.29 is 0 Å². The highest BCUT2D eigenvalue weighted by Crippen LogP contribution is 2.44. The standard InChI is InChI=1S/C23H24NP/c1-20(24(2)3)19-25(21-13-7-4-8-14-21,22-15-9-5-10-16-22)23-17-11-6-12-18-23/h4-19H,1H2,2-3H3. The maximum atomic E-state index is 4.31. The van der Waals surface area contributed by atoms with Crippen molar-refractivity contribution in [2.75, 3.05) is 14.1 Å². The third kappa shape index (κ3) is 3.48. The van der Waals surface area contributed by atoms with E-state index in [-0.39, 0.29) is 0 Å². The molecule has 0 saturated carbocycles. The molecule has 0 aliphatic rings. The molecule has 0 amide bonds. The highest BCUT2D eigenvalue weighted by atomic mass is 31.2. The summed E-state index contributed by atoms with van der Waals surface area (Å²) in [5.74, 6) is 2.38. The highest BCUT2D eigenvalue weighted by molar-refractivity contribution is 7.94. The van der Waals surface area contributed by atoms with Crippen molar-refractivity contribution in [3.05, 3.63) is 103 Å². The van der Waals surface area contributed by atoms with E-state index in [0.29, 0.717) is 0 Å². The molecule has 3 rings (SSSR count). The Balaban J connectivity index is 2.43. The van der Waals surface area contributed by atoms with E-state index >= 15 is 0 Å². The van der Waals surface area contributed by atoms with Crippen LogP contribution in [0.2, 0.25) is 0 Å². The van der Waals surface area contributed by atoms with Gasteiger partial charge >= 0.3 is 0 Å². The van der Waals surface area contributed by atoms with Gasteiger partial charge < -0.3 is 4.90 Å². The van der Waals surface area contributed by atoms with Crippen LogP contribution in [0.4, 0.5) is 0 Å². The monoisotopic (exact) mass is 345 g/mol. The number of nitrogens with zero attached hydrogens (tertiary/aromatic N) is 1. The first kappa shape index (κ1) is 17.3. The van der Waals surface area contributed by atoms with E-state index in [2.05, 4.69) is 122 Å². The molecule has 25 heavy (non-hydrogen) atoms. The molecule has 0 radical (unpaired) electrons. The molecule has 0 spiro atoms. The van der Waals surface area contributed by atoms with Crippen LogP contribution >= 0.6 is 6.89 Å². The topological polar surface area (TPSA) is 3.24 Å². The molecule has 0 N–H and O–H groups in total. The maximum Gasteiger partial charge on any atom is 0.0298 e. The van der Waals surface area contributed by atoms with Gasteiger partial charge in [0, 0.05) is 19.8 Å². The van der Waals surface area contributed by atoms with Gasteiger partial charge in [0.05, 0.1) is 0 Å². The molecule has 0 fully saturated rings. The lowest BCUT2D eigenvalue weighted by molar-refractivity contribution is 0.545. The Morgan fingerprint density at radius 2 is 1.00 bits per heavy atom. The summed E-state index contributed by atoms with van der Waals surface area (Å²) in [4.78, 5) is 2.09. The first-order valence-corrected chi connectivity index (χ1v) is 10.3. The van der Waals surface area contributed by atoms with E-state index in [0.717, 1.165) is 5.70 Å². The fourth-order valence-electron chi connectivity index (χ4n) is 3.00. The zero-order chi connectivity index (χ0) is 17.7. The Hall–Kier alpha value is -2.50. The van der Waals surface area contributed by atoms with E-state index in [1.54, 1.807) is 0 Å². The minimum absolute atomic E-state index is 1.03. The highest BCUT2D eigenvalue weighted by Gasteiger charge is 2.25. The average Bonchev–Trinajstić information content (AvgIpc) is 2.68. The fraction of sp³-hybridized carbons (Fsp3) is 0.0870. The molecule has 126 valence electrons. The molecule has 0 aliphatic carbocycles. The Labute approximate surface area is 151 Å². The number of benzene rings is 3. The third-order valence-corrected chi connectivity index (χ3v) is 8.43. The fourth-order valence-corrected chi connectivity index (χ4v) is 6.95. The predicted octanol–water partition coefficient (Wildman–Crippen LogP) is 3.86. The molecular formula is C23H24NP. The van der Waals surface area contributed by atoms with Crippen LogP contribution in [-0.4, -0.2) is 24.8 Å². The van der Waals surface area contributed by atoms with Crippen LogP contribution in [0.5, 0.6) is 0 Å². The van der Waals surface area contributed by atoms with Gasteiger partial charge in [0.2, 0.25) is 0 Å². The van der Waals surface area contributed by atoms with Gasteiger partial charge in [0.1, 0.15) is 0 Å². The zero-order valence-corrected chi connectivity index (χ0v) is 15.7. The van der Waals surface area contributed by atoms with Gasteiger partial charge in [0.25, 0.3) is 0 Å². The van der Waals surface area contributed by atoms with Gasteiger partial charge in [-0.3, -0.25) is 0 Å². The Morgan fingerprint density at radius 3 is 1.28 bits per heavy atom. The first-order chi connectivity index (χ1) is 12.1. The number of allylic oxidation sites excluding steroid dienone is 1. The van der Waals surface area contributed by atoms with Crippen LogP contribution in [0, 0.1) is 0 Å². The van der Waals surface area contributed by atoms with Gasteiger partial charge in [-0.25, -0.2) is 0 Å². The van der Waals surface area contributed by atoms with Gasteiger partial charge in [-0.05, 0) is 28.6 Å². The summed E-state index contributed by atoms with van der Waals surface area (Å²) in [6, 6.07) is 32.5. The lowest BCUT2D eigenvalue weighted by Gasteiger charge is -2.30. The lowest BCUT2D eigenvalue weighted by atomic mass is 10.4. The van der Waals surface area contributed by atoms with Gasteiger partial charge in [-0.2, -0.15) is 0 Å². The molecule has 3 aromatic rings. The molecule has 2 heteroatoms. The second-order valence-corrected chi connectivity index (χ2v) is 9.50. The molecule has 0 bridgehead atoms. The van der Waals surface area contributed by atoms with Crippen LogP contribution < -0.4 is 15.9 Å². The third-order valence-electron chi connectivity index (χ3n) is 4.41. The van der Waals surface area contributed by atoms with Crippen LogP contribution in [0.1, 0.15) is 0 Å². The maximum absolute atomic E-state index is 4.31. The summed E-state index contributed by atoms with van der Waals surface area (Å²) >= 11 is 0. The molecule has 0 saturated heterocycles. The summed E-state index contributed by atoms with van der Waals surface area (Å²) in [6.45, 7) is 2.38. The molecule has 3 aromatic carbocycles. The molecule has 0 atom stereocenters. The summed E-state index contributed by atoms with van der Waals surface area (Å²) in [5, 5.41) is 4.03. The van der Waals surface area contributed by atoms with Crippen molar-refractivity contribution in [1.82, 2.24) is 4.90 Å². The second-order valence-electron chi connectivity index (χ2n) is 6.24. The molecule has 0 aliphatic heterocycles. The van der Waals surface area contributed by atoms with Crippen molar-refractivity contribution in [2.24, 2.45) is 0 Å². The summed E-state index contributed by atoms with van der Waals surface area (Å²) in [7, 11) is 4.10. The van der Waals surface area contributed by atoms with E-state index in [4.69, 9.17) is 0 Å². The number of hydrogen-bond donors (Lipinski definition) is 0. The Kier molecular flexibility index (Phi) is 5.26. The first-order valence-electron chi connectivity index (χ1n) is 8.42.